The van der Waals surface area contributed by atoms with Gasteiger partial charge in [0.25, 0.3) is 0 Å². The van der Waals surface area contributed by atoms with Crippen molar-refractivity contribution in [2.45, 2.75) is 25.5 Å². The van der Waals surface area contributed by atoms with Gasteiger partial charge < -0.3 is 9.64 Å². The lowest BCUT2D eigenvalue weighted by atomic mass is 9.97. The second-order valence-electron chi connectivity index (χ2n) is 8.48. The largest absolute Gasteiger partial charge is 0.369 e. The third-order valence-electron chi connectivity index (χ3n) is 5.82. The van der Waals surface area contributed by atoms with Crippen molar-refractivity contribution >= 4 is 55.5 Å². The van der Waals surface area contributed by atoms with Crippen molar-refractivity contribution in [3.05, 3.63) is 64.1 Å². The standard InChI is InChI=1S/C25H23BrFN5O2/c1-31(2)14-29-24-17(12-19(26)16-6-5-10-28-23(16)24)25(33)15-8-9-20(27)22-18(15)13-32(30-22)21-7-3-4-11-34-21/h5-6,8-10,12-14,21H,3-4,7,11H2,1-2H3/b29-14+. The molecule has 34 heavy (non-hydrogen) atoms. The van der Waals surface area contributed by atoms with Gasteiger partial charge in [-0.3, -0.25) is 9.78 Å². The molecule has 1 aliphatic heterocycles. The Morgan fingerprint density at radius 2 is 2.09 bits per heavy atom. The second-order valence-corrected chi connectivity index (χ2v) is 9.33. The van der Waals surface area contributed by atoms with E-state index in [1.54, 1.807) is 34.4 Å². The molecule has 2 aromatic heterocycles. The number of fused-ring (bicyclic) bond motifs is 2. The lowest BCUT2D eigenvalue weighted by Crippen LogP contribution is -2.18. The molecular weight excluding hydrogens is 501 g/mol. The van der Waals surface area contributed by atoms with E-state index >= 15 is 0 Å². The van der Waals surface area contributed by atoms with Crippen molar-refractivity contribution in [3.8, 4) is 0 Å². The van der Waals surface area contributed by atoms with E-state index in [2.05, 4.69) is 31.0 Å². The number of aromatic nitrogens is 3. The summed E-state index contributed by atoms with van der Waals surface area (Å²) in [5, 5.41) is 5.72. The molecule has 0 radical (unpaired) electrons. The lowest BCUT2D eigenvalue weighted by Gasteiger charge is -2.22. The van der Waals surface area contributed by atoms with E-state index in [9.17, 15) is 9.18 Å². The fourth-order valence-corrected chi connectivity index (χ4v) is 4.73. The molecule has 0 amide bonds. The van der Waals surface area contributed by atoms with Crippen LogP contribution in [-0.4, -0.2) is 52.5 Å². The van der Waals surface area contributed by atoms with Gasteiger partial charge in [-0.05, 0) is 43.5 Å². The number of rotatable bonds is 5. The minimum Gasteiger partial charge on any atom is -0.369 e. The molecule has 1 fully saturated rings. The lowest BCUT2D eigenvalue weighted by molar-refractivity contribution is -0.0391. The monoisotopic (exact) mass is 523 g/mol. The van der Waals surface area contributed by atoms with Crippen molar-refractivity contribution in [2.24, 2.45) is 4.99 Å². The van der Waals surface area contributed by atoms with Gasteiger partial charge in [-0.1, -0.05) is 22.0 Å². The molecule has 5 rings (SSSR count). The summed E-state index contributed by atoms with van der Waals surface area (Å²) in [6.45, 7) is 0.639. The Morgan fingerprint density at radius 1 is 1.24 bits per heavy atom. The van der Waals surface area contributed by atoms with Crippen LogP contribution in [0.25, 0.3) is 21.8 Å². The number of carbonyl (C=O) groups excluding carboxylic acids is 1. The fraction of sp³-hybridized carbons (Fsp3) is 0.280. The summed E-state index contributed by atoms with van der Waals surface area (Å²) < 4.78 is 22.9. The van der Waals surface area contributed by atoms with E-state index in [0.717, 1.165) is 29.1 Å². The van der Waals surface area contributed by atoms with Gasteiger partial charge in [0.2, 0.25) is 0 Å². The smallest absolute Gasteiger partial charge is 0.196 e. The van der Waals surface area contributed by atoms with Crippen LogP contribution in [0.5, 0.6) is 0 Å². The highest BCUT2D eigenvalue weighted by Gasteiger charge is 2.24. The van der Waals surface area contributed by atoms with Crippen LogP contribution >= 0.6 is 15.9 Å². The van der Waals surface area contributed by atoms with Crippen LogP contribution in [-0.2, 0) is 4.74 Å². The minimum absolute atomic E-state index is 0.149. The summed E-state index contributed by atoms with van der Waals surface area (Å²) in [5.74, 6) is -0.762. The van der Waals surface area contributed by atoms with Gasteiger partial charge in [-0.25, -0.2) is 14.1 Å². The molecule has 9 heteroatoms. The number of carbonyl (C=O) groups is 1. The number of aliphatic imine (C=N–C) groups is 1. The zero-order valence-electron chi connectivity index (χ0n) is 18.8. The first-order valence-corrected chi connectivity index (χ1v) is 11.8. The average Bonchev–Trinajstić information content (AvgIpc) is 3.30. The number of nitrogens with zero attached hydrogens (tertiary/aromatic N) is 5. The van der Waals surface area contributed by atoms with Crippen LogP contribution in [0.2, 0.25) is 0 Å². The summed E-state index contributed by atoms with van der Waals surface area (Å²) in [5.41, 5.74) is 1.92. The highest BCUT2D eigenvalue weighted by molar-refractivity contribution is 9.10. The van der Waals surface area contributed by atoms with Crippen molar-refractivity contribution in [1.82, 2.24) is 19.7 Å². The van der Waals surface area contributed by atoms with Crippen LogP contribution in [0.15, 0.2) is 52.2 Å². The Labute approximate surface area is 204 Å². The third-order valence-corrected chi connectivity index (χ3v) is 6.47. The van der Waals surface area contributed by atoms with Crippen LogP contribution in [0.1, 0.15) is 41.4 Å². The fourth-order valence-electron chi connectivity index (χ4n) is 4.18. The first kappa shape index (κ1) is 22.6. The number of hydrogen-bond donors (Lipinski definition) is 0. The number of halogens is 2. The predicted octanol–water partition coefficient (Wildman–Crippen LogP) is 5.64. The predicted molar refractivity (Wildman–Crippen MR) is 133 cm³/mol. The molecule has 7 nitrogen and oxygen atoms in total. The summed E-state index contributed by atoms with van der Waals surface area (Å²) in [6.07, 6.45) is 7.55. The summed E-state index contributed by atoms with van der Waals surface area (Å²) in [6, 6.07) is 8.28. The van der Waals surface area contributed by atoms with Crippen LogP contribution in [0.4, 0.5) is 10.1 Å². The maximum absolute atomic E-state index is 14.7. The van der Waals surface area contributed by atoms with Gasteiger partial charge in [0, 0.05) is 53.9 Å². The van der Waals surface area contributed by atoms with E-state index in [1.807, 2.05) is 26.2 Å². The van der Waals surface area contributed by atoms with Crippen LogP contribution in [0, 0.1) is 5.82 Å². The molecule has 1 saturated heterocycles. The summed E-state index contributed by atoms with van der Waals surface area (Å²) in [4.78, 5) is 24.7. The molecule has 174 valence electrons. The van der Waals surface area contributed by atoms with E-state index < -0.39 is 5.82 Å². The molecular formula is C25H23BrFN5O2. The number of ether oxygens (including phenoxy) is 1. The molecule has 0 aliphatic carbocycles. The Kier molecular flexibility index (Phi) is 6.14. The van der Waals surface area contributed by atoms with Gasteiger partial charge in [-0.15, -0.1) is 0 Å². The maximum atomic E-state index is 14.7. The molecule has 3 heterocycles. The van der Waals surface area contributed by atoms with Crippen molar-refractivity contribution in [1.29, 1.82) is 0 Å². The second kappa shape index (κ2) is 9.23. The molecule has 0 bridgehead atoms. The van der Waals surface area contributed by atoms with Crippen LogP contribution < -0.4 is 0 Å². The van der Waals surface area contributed by atoms with E-state index in [0.29, 0.717) is 34.3 Å². The molecule has 0 N–H and O–H groups in total. The maximum Gasteiger partial charge on any atom is 0.196 e. The molecule has 1 atom stereocenters. The zero-order valence-corrected chi connectivity index (χ0v) is 20.4. The minimum atomic E-state index is -0.478. The number of pyridine rings is 1. The van der Waals surface area contributed by atoms with Gasteiger partial charge in [0.05, 0.1) is 17.4 Å². The SMILES string of the molecule is CN(C)/C=N/c1c(C(=O)c2ccc(F)c3nn(C4CCCCO4)cc23)cc(Br)c2cccnc12. The molecule has 0 spiro atoms. The average molecular weight is 524 g/mol. The van der Waals surface area contributed by atoms with E-state index in [-0.39, 0.29) is 17.5 Å². The quantitative estimate of drug-likeness (QED) is 0.192. The molecule has 2 aromatic carbocycles. The van der Waals surface area contributed by atoms with Gasteiger partial charge in [-0.2, -0.15) is 5.10 Å². The Bertz CT molecular complexity index is 1430. The topological polar surface area (TPSA) is 72.6 Å². The highest BCUT2D eigenvalue weighted by atomic mass is 79.9. The molecule has 1 aliphatic rings. The van der Waals surface area contributed by atoms with E-state index in [1.165, 1.54) is 12.1 Å². The highest BCUT2D eigenvalue weighted by Crippen LogP contribution is 2.37. The Hall–Kier alpha value is -3.17. The van der Waals surface area contributed by atoms with Crippen molar-refractivity contribution in [2.75, 3.05) is 20.7 Å². The number of ketones is 1. The first-order chi connectivity index (χ1) is 16.4. The van der Waals surface area contributed by atoms with Crippen molar-refractivity contribution < 1.29 is 13.9 Å². The molecule has 1 unspecified atom stereocenters. The number of hydrogen-bond acceptors (Lipinski definition) is 5. The normalized spacial score (nSPS) is 16.5. The number of benzene rings is 2. The van der Waals surface area contributed by atoms with Gasteiger partial charge >= 0.3 is 0 Å². The van der Waals surface area contributed by atoms with E-state index in [4.69, 9.17) is 4.74 Å². The summed E-state index contributed by atoms with van der Waals surface area (Å²) >= 11 is 3.57. The Morgan fingerprint density at radius 3 is 2.85 bits per heavy atom. The molecule has 4 aromatic rings. The Balaban J connectivity index is 1.68. The summed E-state index contributed by atoms with van der Waals surface area (Å²) in [7, 11) is 3.70. The molecule has 0 saturated carbocycles. The van der Waals surface area contributed by atoms with Crippen LogP contribution in [0.3, 0.4) is 0 Å². The zero-order chi connectivity index (χ0) is 23.8. The van der Waals surface area contributed by atoms with Gasteiger partial charge in [0.15, 0.2) is 11.6 Å². The first-order valence-electron chi connectivity index (χ1n) is 11.1. The van der Waals surface area contributed by atoms with Gasteiger partial charge in [0.1, 0.15) is 17.4 Å². The van der Waals surface area contributed by atoms with Crippen molar-refractivity contribution in [3.63, 3.8) is 0 Å². The third kappa shape index (κ3) is 4.10.